The summed E-state index contributed by atoms with van der Waals surface area (Å²) < 4.78 is 0. The molecular weight excluding hydrogens is 232 g/mol. The summed E-state index contributed by atoms with van der Waals surface area (Å²) in [5, 5.41) is 9.04. The Labute approximate surface area is 106 Å². The minimum Gasteiger partial charge on any atom is -0.480 e. The summed E-state index contributed by atoms with van der Waals surface area (Å²) in [6, 6.07) is 4.64. The normalized spacial score (nSPS) is 19.5. The van der Waals surface area contributed by atoms with Gasteiger partial charge < -0.3 is 10.0 Å². The van der Waals surface area contributed by atoms with Crippen LogP contribution in [0.25, 0.3) is 0 Å². The van der Waals surface area contributed by atoms with Crippen molar-refractivity contribution in [3.63, 3.8) is 0 Å². The summed E-state index contributed by atoms with van der Waals surface area (Å²) in [4.78, 5) is 25.8. The van der Waals surface area contributed by atoms with E-state index >= 15 is 0 Å². The Balaban J connectivity index is 2.32. The number of rotatable bonds is 2. The van der Waals surface area contributed by atoms with Crippen LogP contribution >= 0.6 is 0 Å². The van der Waals surface area contributed by atoms with E-state index in [0.29, 0.717) is 0 Å². The number of carbonyl (C=O) groups excluding carboxylic acids is 1. The van der Waals surface area contributed by atoms with E-state index in [0.717, 1.165) is 16.8 Å². The van der Waals surface area contributed by atoms with E-state index in [1.807, 2.05) is 32.0 Å². The zero-order chi connectivity index (χ0) is 13.4. The van der Waals surface area contributed by atoms with Gasteiger partial charge in [-0.25, -0.2) is 9.59 Å². The van der Waals surface area contributed by atoms with Crippen molar-refractivity contribution in [2.24, 2.45) is 0 Å². The highest BCUT2D eigenvalue weighted by Crippen LogP contribution is 2.25. The molecule has 1 saturated heterocycles. The Bertz CT molecular complexity index is 513. The molecule has 1 N–H and O–H groups in total. The van der Waals surface area contributed by atoms with Gasteiger partial charge in [0.15, 0.2) is 0 Å². The van der Waals surface area contributed by atoms with Crippen molar-refractivity contribution in [1.29, 1.82) is 0 Å². The number of carboxylic acid groups (broad SMARTS) is 1. The van der Waals surface area contributed by atoms with E-state index in [4.69, 9.17) is 5.11 Å². The number of hydrogen-bond acceptors (Lipinski definition) is 2. The lowest BCUT2D eigenvalue weighted by Gasteiger charge is -2.16. The molecule has 0 aromatic heterocycles. The highest BCUT2D eigenvalue weighted by molar-refractivity contribution is 5.98. The van der Waals surface area contributed by atoms with Gasteiger partial charge in [-0.2, -0.15) is 0 Å². The summed E-state index contributed by atoms with van der Waals surface area (Å²) in [6.07, 6.45) is 0. The van der Waals surface area contributed by atoms with Crippen LogP contribution in [0.15, 0.2) is 18.2 Å². The number of aliphatic carboxylic acids is 1. The molecule has 1 atom stereocenters. The molecule has 0 aliphatic carbocycles. The van der Waals surface area contributed by atoms with E-state index in [1.54, 1.807) is 0 Å². The Morgan fingerprint density at radius 2 is 2.00 bits per heavy atom. The lowest BCUT2D eigenvalue weighted by molar-refractivity contribution is -0.140. The zero-order valence-electron chi connectivity index (χ0n) is 10.7. The highest BCUT2D eigenvalue weighted by Gasteiger charge is 2.39. The molecule has 1 aromatic rings. The number of anilines is 1. The van der Waals surface area contributed by atoms with Crippen LogP contribution in [0, 0.1) is 13.8 Å². The molecule has 0 saturated carbocycles. The van der Waals surface area contributed by atoms with Crippen LogP contribution in [0.5, 0.6) is 0 Å². The smallest absolute Gasteiger partial charge is 0.328 e. The number of carboxylic acids is 1. The number of likely N-dealkylation sites (N-methyl/N-ethyl adjacent to an activating group) is 1. The van der Waals surface area contributed by atoms with Crippen LogP contribution < -0.4 is 4.90 Å². The second-order valence-corrected chi connectivity index (χ2v) is 4.63. The van der Waals surface area contributed by atoms with Gasteiger partial charge in [0.2, 0.25) is 0 Å². The second-order valence-electron chi connectivity index (χ2n) is 4.63. The Hall–Kier alpha value is -2.04. The molecule has 1 aliphatic heterocycles. The zero-order valence-corrected chi connectivity index (χ0v) is 10.7. The maximum Gasteiger partial charge on any atom is 0.328 e. The molecule has 0 spiro atoms. The van der Waals surface area contributed by atoms with Gasteiger partial charge in [-0.15, -0.1) is 0 Å². The minimum absolute atomic E-state index is 0.188. The summed E-state index contributed by atoms with van der Waals surface area (Å²) in [5.41, 5.74) is 2.98. The molecule has 2 amide bonds. The summed E-state index contributed by atoms with van der Waals surface area (Å²) in [7, 11) is 1.52. The average molecular weight is 248 g/mol. The molecule has 1 aromatic carbocycles. The number of amides is 2. The fourth-order valence-corrected chi connectivity index (χ4v) is 2.05. The first-order valence-electron chi connectivity index (χ1n) is 5.76. The van der Waals surface area contributed by atoms with Crippen LogP contribution in [0.2, 0.25) is 0 Å². The van der Waals surface area contributed by atoms with Crippen molar-refractivity contribution >= 4 is 17.7 Å². The first kappa shape index (κ1) is 12.4. The van der Waals surface area contributed by atoms with Gasteiger partial charge in [0, 0.05) is 12.7 Å². The van der Waals surface area contributed by atoms with Crippen molar-refractivity contribution in [2.75, 3.05) is 18.5 Å². The van der Waals surface area contributed by atoms with Crippen molar-refractivity contribution in [1.82, 2.24) is 4.90 Å². The minimum atomic E-state index is -0.975. The van der Waals surface area contributed by atoms with Gasteiger partial charge in [0.05, 0.1) is 6.54 Å². The van der Waals surface area contributed by atoms with Crippen molar-refractivity contribution in [2.45, 2.75) is 19.9 Å². The topological polar surface area (TPSA) is 60.9 Å². The quantitative estimate of drug-likeness (QED) is 0.865. The van der Waals surface area contributed by atoms with Crippen LogP contribution in [-0.2, 0) is 4.79 Å². The van der Waals surface area contributed by atoms with Crippen molar-refractivity contribution < 1.29 is 14.7 Å². The third-order valence-electron chi connectivity index (χ3n) is 3.44. The predicted molar refractivity (Wildman–Crippen MR) is 67.8 cm³/mol. The fraction of sp³-hybridized carbons (Fsp3) is 0.385. The molecule has 5 nitrogen and oxygen atoms in total. The Kier molecular flexibility index (Phi) is 2.98. The Morgan fingerprint density at radius 1 is 1.33 bits per heavy atom. The van der Waals surface area contributed by atoms with Gasteiger partial charge in [-0.05, 0) is 37.1 Å². The second kappa shape index (κ2) is 4.33. The largest absolute Gasteiger partial charge is 0.480 e. The summed E-state index contributed by atoms with van der Waals surface area (Å²) in [6.45, 7) is 4.15. The molecule has 1 heterocycles. The number of benzene rings is 1. The Morgan fingerprint density at radius 3 is 2.50 bits per heavy atom. The highest BCUT2D eigenvalue weighted by atomic mass is 16.4. The van der Waals surface area contributed by atoms with E-state index in [1.165, 1.54) is 16.8 Å². The number of carbonyl (C=O) groups is 2. The fourth-order valence-electron chi connectivity index (χ4n) is 2.05. The first-order valence-corrected chi connectivity index (χ1v) is 5.76. The number of aryl methyl sites for hydroxylation is 2. The van der Waals surface area contributed by atoms with Crippen LogP contribution in [0.3, 0.4) is 0 Å². The average Bonchev–Trinajstić information content (AvgIpc) is 2.60. The predicted octanol–water partition coefficient (Wildman–Crippen LogP) is 1.63. The molecule has 2 rings (SSSR count). The van der Waals surface area contributed by atoms with Gasteiger partial charge >= 0.3 is 12.0 Å². The summed E-state index contributed by atoms with van der Waals surface area (Å²) >= 11 is 0. The lowest BCUT2D eigenvalue weighted by atomic mass is 10.1. The molecule has 1 unspecified atom stereocenters. The van der Waals surface area contributed by atoms with Gasteiger partial charge in [-0.1, -0.05) is 6.07 Å². The van der Waals surface area contributed by atoms with E-state index in [-0.39, 0.29) is 12.6 Å². The third kappa shape index (κ3) is 1.92. The number of nitrogens with zero attached hydrogens (tertiary/aromatic N) is 2. The standard InChI is InChI=1S/C13H16N2O3/c1-8-4-5-10(6-9(8)2)15-7-11(12(16)17)14(3)13(15)18/h4-6,11H,7H2,1-3H3,(H,16,17). The number of hydrogen-bond donors (Lipinski definition) is 1. The molecular formula is C13H16N2O3. The molecule has 1 aliphatic rings. The molecule has 96 valence electrons. The summed E-state index contributed by atoms with van der Waals surface area (Å²) in [5.74, 6) is -0.975. The van der Waals surface area contributed by atoms with E-state index < -0.39 is 12.0 Å². The lowest BCUT2D eigenvalue weighted by Crippen LogP contribution is -2.36. The van der Waals surface area contributed by atoms with E-state index in [9.17, 15) is 9.59 Å². The molecule has 1 fully saturated rings. The molecule has 5 heteroatoms. The molecule has 18 heavy (non-hydrogen) atoms. The van der Waals surface area contributed by atoms with Crippen LogP contribution in [0.1, 0.15) is 11.1 Å². The van der Waals surface area contributed by atoms with Crippen molar-refractivity contribution in [3.05, 3.63) is 29.3 Å². The van der Waals surface area contributed by atoms with Crippen LogP contribution in [0.4, 0.5) is 10.5 Å². The van der Waals surface area contributed by atoms with Crippen LogP contribution in [-0.4, -0.2) is 41.6 Å². The monoisotopic (exact) mass is 248 g/mol. The number of urea groups is 1. The maximum absolute atomic E-state index is 12.0. The van der Waals surface area contributed by atoms with E-state index in [2.05, 4.69) is 0 Å². The third-order valence-corrected chi connectivity index (χ3v) is 3.44. The molecule has 0 bridgehead atoms. The van der Waals surface area contributed by atoms with Crippen molar-refractivity contribution in [3.8, 4) is 0 Å². The van der Waals surface area contributed by atoms with Gasteiger partial charge in [-0.3, -0.25) is 4.90 Å². The maximum atomic E-state index is 12.0. The first-order chi connectivity index (χ1) is 8.41. The SMILES string of the molecule is Cc1ccc(N2CC(C(=O)O)N(C)C2=O)cc1C. The van der Waals surface area contributed by atoms with Gasteiger partial charge in [0.25, 0.3) is 0 Å². The molecule has 0 radical (unpaired) electrons. The van der Waals surface area contributed by atoms with Gasteiger partial charge in [0.1, 0.15) is 6.04 Å².